The normalized spacial score (nSPS) is 12.9. The van der Waals surface area contributed by atoms with Gasteiger partial charge in [0.05, 0.1) is 0 Å². The van der Waals surface area contributed by atoms with Gasteiger partial charge in [0.15, 0.2) is 0 Å². The van der Waals surface area contributed by atoms with Crippen LogP contribution >= 0.6 is 0 Å². The highest BCUT2D eigenvalue weighted by Gasteiger charge is 2.42. The summed E-state index contributed by atoms with van der Waals surface area (Å²) in [5, 5.41) is 4.95. The number of fused-ring (bicyclic) bond motifs is 2. The van der Waals surface area contributed by atoms with Crippen LogP contribution in [0.25, 0.3) is 21.5 Å². The van der Waals surface area contributed by atoms with Crippen LogP contribution in [0.3, 0.4) is 0 Å². The molecule has 0 spiro atoms. The maximum Gasteiger partial charge on any atom is 0.201 e. The van der Waals surface area contributed by atoms with E-state index in [4.69, 9.17) is 9.47 Å². The molecular weight excluding hydrogens is 416 g/mol. The lowest BCUT2D eigenvalue weighted by atomic mass is 9.80. The minimum absolute atomic E-state index is 0.0828. The van der Waals surface area contributed by atoms with Gasteiger partial charge >= 0.3 is 0 Å². The summed E-state index contributed by atoms with van der Waals surface area (Å²) in [6, 6.07) is 30.5. The molecule has 178 valence electrons. The second-order valence-corrected chi connectivity index (χ2v) is 9.35. The molecule has 4 aromatic carbocycles. The Bertz CT molecular complexity index is 1190. The Labute approximate surface area is 204 Å². The zero-order chi connectivity index (χ0) is 23.8. The third kappa shape index (κ3) is 5.19. The molecule has 0 saturated heterocycles. The van der Waals surface area contributed by atoms with Crippen molar-refractivity contribution in [1.29, 1.82) is 0 Å². The Morgan fingerprint density at radius 1 is 0.618 bits per heavy atom. The molecule has 0 saturated carbocycles. The fraction of sp³-hybridized carbons (Fsp3) is 0.375. The summed E-state index contributed by atoms with van der Waals surface area (Å²) in [5.74, 6) is -0.768. The lowest BCUT2D eigenvalue weighted by molar-refractivity contribution is -0.233. The Morgan fingerprint density at radius 3 is 1.82 bits per heavy atom. The molecule has 34 heavy (non-hydrogen) atoms. The Balaban J connectivity index is 1.73. The van der Waals surface area contributed by atoms with Crippen molar-refractivity contribution in [2.45, 2.75) is 63.6 Å². The maximum atomic E-state index is 6.32. The number of hydrogen-bond donors (Lipinski definition) is 0. The predicted octanol–water partition coefficient (Wildman–Crippen LogP) is 8.97. The fourth-order valence-corrected chi connectivity index (χ4v) is 5.34. The third-order valence-electron chi connectivity index (χ3n) is 7.24. The number of methoxy groups -OCH3 is 2. The van der Waals surface area contributed by atoms with Crippen LogP contribution in [0.5, 0.6) is 0 Å². The molecule has 4 rings (SSSR count). The first-order valence-electron chi connectivity index (χ1n) is 12.8. The number of unbranched alkanes of at least 4 members (excludes halogenated alkanes) is 5. The topological polar surface area (TPSA) is 18.5 Å². The van der Waals surface area contributed by atoms with E-state index in [1.165, 1.54) is 59.2 Å². The van der Waals surface area contributed by atoms with Crippen LogP contribution in [-0.2, 0) is 15.3 Å². The SMILES string of the molecule is CCCCCCCCC(c1ccc2ccccc2c1)C(OC)(OC)c1ccc2ccccc2c1. The minimum Gasteiger partial charge on any atom is -0.349 e. The van der Waals surface area contributed by atoms with Crippen molar-refractivity contribution in [3.63, 3.8) is 0 Å². The van der Waals surface area contributed by atoms with Crippen molar-refractivity contribution in [2.24, 2.45) is 0 Å². The molecule has 2 heteroatoms. The first-order chi connectivity index (χ1) is 16.7. The minimum atomic E-state index is -0.851. The van der Waals surface area contributed by atoms with Gasteiger partial charge in [-0.3, -0.25) is 0 Å². The van der Waals surface area contributed by atoms with E-state index in [2.05, 4.69) is 91.9 Å². The first kappa shape index (κ1) is 24.4. The van der Waals surface area contributed by atoms with Crippen LogP contribution in [0.15, 0.2) is 84.9 Å². The number of benzene rings is 4. The highest BCUT2D eigenvalue weighted by atomic mass is 16.7. The van der Waals surface area contributed by atoms with Gasteiger partial charge in [-0.2, -0.15) is 0 Å². The van der Waals surface area contributed by atoms with Crippen molar-refractivity contribution in [2.75, 3.05) is 14.2 Å². The van der Waals surface area contributed by atoms with Gasteiger partial charge in [0.2, 0.25) is 5.79 Å². The second-order valence-electron chi connectivity index (χ2n) is 9.35. The van der Waals surface area contributed by atoms with E-state index in [0.29, 0.717) is 0 Å². The Hall–Kier alpha value is -2.68. The first-order valence-corrected chi connectivity index (χ1v) is 12.8. The summed E-state index contributed by atoms with van der Waals surface area (Å²) in [6.45, 7) is 2.27. The molecule has 0 aliphatic rings. The molecule has 0 aliphatic carbocycles. The van der Waals surface area contributed by atoms with E-state index in [1.807, 2.05) is 0 Å². The van der Waals surface area contributed by atoms with Gasteiger partial charge in [-0.05, 0) is 39.6 Å². The average molecular weight is 455 g/mol. The van der Waals surface area contributed by atoms with Crippen LogP contribution in [0.1, 0.15) is 68.9 Å². The van der Waals surface area contributed by atoms with Crippen molar-refractivity contribution < 1.29 is 9.47 Å². The molecule has 0 amide bonds. The van der Waals surface area contributed by atoms with Gasteiger partial charge in [0.25, 0.3) is 0 Å². The molecule has 0 N–H and O–H groups in total. The predicted molar refractivity (Wildman–Crippen MR) is 144 cm³/mol. The molecule has 0 radical (unpaired) electrons. The van der Waals surface area contributed by atoms with Crippen molar-refractivity contribution in [3.05, 3.63) is 96.1 Å². The lowest BCUT2D eigenvalue weighted by Gasteiger charge is -2.39. The van der Waals surface area contributed by atoms with Crippen LogP contribution in [-0.4, -0.2) is 14.2 Å². The van der Waals surface area contributed by atoms with E-state index < -0.39 is 5.79 Å². The summed E-state index contributed by atoms with van der Waals surface area (Å²) in [5.41, 5.74) is 2.34. The van der Waals surface area contributed by atoms with Crippen LogP contribution in [0.4, 0.5) is 0 Å². The van der Waals surface area contributed by atoms with Gasteiger partial charge in [0, 0.05) is 25.7 Å². The molecule has 1 atom stereocenters. The van der Waals surface area contributed by atoms with Gasteiger partial charge in [-0.25, -0.2) is 0 Å². The molecule has 0 aromatic heterocycles. The molecule has 0 bridgehead atoms. The second kappa shape index (κ2) is 11.6. The molecule has 0 heterocycles. The van der Waals surface area contributed by atoms with Crippen LogP contribution in [0, 0.1) is 0 Å². The number of rotatable bonds is 12. The summed E-state index contributed by atoms with van der Waals surface area (Å²) >= 11 is 0. The standard InChI is InChI=1S/C32H38O2/c1-4-5-6-7-8-9-18-31(29-20-19-25-14-10-12-16-27(25)23-29)32(33-2,34-3)30-22-21-26-15-11-13-17-28(26)24-30/h10-17,19-24,31H,4-9,18H2,1-3H3. The fourth-order valence-electron chi connectivity index (χ4n) is 5.34. The lowest BCUT2D eigenvalue weighted by Crippen LogP contribution is -2.38. The summed E-state index contributed by atoms with van der Waals surface area (Å²) < 4.78 is 12.6. The number of hydrogen-bond acceptors (Lipinski definition) is 2. The molecule has 0 aliphatic heterocycles. The third-order valence-corrected chi connectivity index (χ3v) is 7.24. The largest absolute Gasteiger partial charge is 0.349 e. The van der Waals surface area contributed by atoms with Gasteiger partial charge in [-0.1, -0.05) is 124 Å². The van der Waals surface area contributed by atoms with E-state index in [0.717, 1.165) is 18.4 Å². The average Bonchev–Trinajstić information content (AvgIpc) is 2.90. The van der Waals surface area contributed by atoms with Crippen molar-refractivity contribution in [3.8, 4) is 0 Å². The Kier molecular flexibility index (Phi) is 8.37. The van der Waals surface area contributed by atoms with Gasteiger partial charge in [0.1, 0.15) is 0 Å². The van der Waals surface area contributed by atoms with Crippen molar-refractivity contribution in [1.82, 2.24) is 0 Å². The van der Waals surface area contributed by atoms with Crippen LogP contribution in [0.2, 0.25) is 0 Å². The molecule has 2 nitrogen and oxygen atoms in total. The molecule has 4 aromatic rings. The maximum absolute atomic E-state index is 6.32. The molecular formula is C32H38O2. The summed E-state index contributed by atoms with van der Waals surface area (Å²) in [6.07, 6.45) is 8.62. The van der Waals surface area contributed by atoms with E-state index >= 15 is 0 Å². The highest BCUT2D eigenvalue weighted by molar-refractivity contribution is 5.84. The van der Waals surface area contributed by atoms with Crippen LogP contribution < -0.4 is 0 Å². The monoisotopic (exact) mass is 454 g/mol. The van der Waals surface area contributed by atoms with E-state index in [-0.39, 0.29) is 5.92 Å². The molecule has 0 fully saturated rings. The van der Waals surface area contributed by atoms with Crippen molar-refractivity contribution >= 4 is 21.5 Å². The van der Waals surface area contributed by atoms with E-state index in [9.17, 15) is 0 Å². The Morgan fingerprint density at radius 2 is 1.18 bits per heavy atom. The van der Waals surface area contributed by atoms with E-state index in [1.54, 1.807) is 14.2 Å². The quantitative estimate of drug-likeness (QED) is 0.157. The molecule has 1 unspecified atom stereocenters. The zero-order valence-electron chi connectivity index (χ0n) is 20.9. The summed E-state index contributed by atoms with van der Waals surface area (Å²) in [7, 11) is 3.57. The zero-order valence-corrected chi connectivity index (χ0v) is 20.9. The van der Waals surface area contributed by atoms with Gasteiger partial charge in [-0.15, -0.1) is 0 Å². The van der Waals surface area contributed by atoms with Gasteiger partial charge < -0.3 is 9.47 Å². The summed E-state index contributed by atoms with van der Waals surface area (Å²) in [4.78, 5) is 0. The highest BCUT2D eigenvalue weighted by Crippen LogP contribution is 2.45. The smallest absolute Gasteiger partial charge is 0.201 e. The number of ether oxygens (including phenoxy) is 2.